The Morgan fingerprint density at radius 2 is 1.26 bits per heavy atom. The van der Waals surface area contributed by atoms with Crippen molar-refractivity contribution < 1.29 is 4.58 Å². The summed E-state index contributed by atoms with van der Waals surface area (Å²) in [6.07, 6.45) is 7.07. The van der Waals surface area contributed by atoms with Gasteiger partial charge in [0.1, 0.15) is 6.54 Å². The van der Waals surface area contributed by atoms with E-state index in [-0.39, 0.29) is 10.8 Å². The van der Waals surface area contributed by atoms with Crippen molar-refractivity contribution in [1.82, 2.24) is 0 Å². The van der Waals surface area contributed by atoms with E-state index in [1.807, 2.05) is 0 Å². The Labute approximate surface area is 275 Å². The first-order valence-electron chi connectivity index (χ1n) is 16.9. The van der Waals surface area contributed by atoms with Gasteiger partial charge >= 0.3 is 0 Å². The molecule has 0 unspecified atom stereocenters. The molecule has 4 aromatic carbocycles. The number of nitrogens with zero attached hydrogens (tertiary/aromatic N) is 3. The van der Waals surface area contributed by atoms with E-state index < -0.39 is 0 Å². The van der Waals surface area contributed by atoms with Gasteiger partial charge in [-0.3, -0.25) is 0 Å². The highest BCUT2D eigenvalue weighted by Crippen LogP contribution is 2.50. The summed E-state index contributed by atoms with van der Waals surface area (Å²) in [7, 11) is 0. The third-order valence-electron chi connectivity index (χ3n) is 10.4. The normalized spacial score (nSPS) is 19.7. The molecule has 0 aromatic heterocycles. The molecule has 0 amide bonds. The quantitative estimate of drug-likeness (QED) is 0.194. The van der Waals surface area contributed by atoms with E-state index in [9.17, 15) is 0 Å². The lowest BCUT2D eigenvalue weighted by Gasteiger charge is -2.30. The summed E-state index contributed by atoms with van der Waals surface area (Å²) in [5, 5.41) is 0. The fourth-order valence-electron chi connectivity index (χ4n) is 8.06. The second-order valence-corrected chi connectivity index (χ2v) is 13.7. The van der Waals surface area contributed by atoms with E-state index in [0.717, 1.165) is 25.9 Å². The van der Waals surface area contributed by atoms with Gasteiger partial charge in [0.05, 0.1) is 11.1 Å². The number of benzene rings is 4. The molecular weight excluding hydrogens is 558 g/mol. The molecule has 1 aliphatic carbocycles. The number of hydrogen-bond acceptors (Lipinski definition) is 2. The molecule has 3 heteroatoms. The van der Waals surface area contributed by atoms with E-state index in [1.165, 1.54) is 62.1 Å². The van der Waals surface area contributed by atoms with Crippen molar-refractivity contribution >= 4 is 28.5 Å². The Hall–Kier alpha value is -4.63. The molecule has 3 aliphatic rings. The highest BCUT2D eigenvalue weighted by atomic mass is 15.2. The van der Waals surface area contributed by atoms with Crippen molar-refractivity contribution in [2.24, 2.45) is 0 Å². The summed E-state index contributed by atoms with van der Waals surface area (Å²) in [4.78, 5) is 5.03. The van der Waals surface area contributed by atoms with E-state index >= 15 is 0 Å². The fraction of sp³-hybridized carbons (Fsp3) is 0.279. The largest absolute Gasteiger partial charge is 0.344 e. The molecule has 0 fully saturated rings. The Morgan fingerprint density at radius 3 is 1.89 bits per heavy atom. The van der Waals surface area contributed by atoms with Crippen LogP contribution in [0.1, 0.15) is 65.5 Å². The molecular formula is C43H46N3+. The molecule has 46 heavy (non-hydrogen) atoms. The smallest absolute Gasteiger partial charge is 0.209 e. The molecule has 4 aromatic rings. The number of allylic oxidation sites excluding steroid dienone is 5. The highest BCUT2D eigenvalue weighted by molar-refractivity contribution is 6.04. The van der Waals surface area contributed by atoms with Crippen LogP contribution in [0.3, 0.4) is 0 Å². The number of likely N-dealkylation sites (N-methyl/N-ethyl adjacent to an activating group) is 1. The minimum atomic E-state index is -0.0929. The average Bonchev–Trinajstić information content (AvgIpc) is 3.64. The van der Waals surface area contributed by atoms with Gasteiger partial charge in [0.25, 0.3) is 0 Å². The first-order valence-corrected chi connectivity index (χ1v) is 16.9. The van der Waals surface area contributed by atoms with Gasteiger partial charge in [-0.05, 0) is 93.7 Å². The van der Waals surface area contributed by atoms with Crippen LogP contribution in [0.25, 0.3) is 0 Å². The zero-order chi connectivity index (χ0) is 32.1. The maximum atomic E-state index is 2.54. The van der Waals surface area contributed by atoms with Crippen molar-refractivity contribution in [1.29, 1.82) is 0 Å². The second kappa shape index (κ2) is 11.6. The lowest BCUT2D eigenvalue weighted by atomic mass is 9.80. The fourth-order valence-corrected chi connectivity index (χ4v) is 8.06. The Bertz CT molecular complexity index is 1860. The Balaban J connectivity index is 1.49. The topological polar surface area (TPSA) is 9.49 Å². The zero-order valence-electron chi connectivity index (χ0n) is 28.2. The molecule has 232 valence electrons. The van der Waals surface area contributed by atoms with Crippen LogP contribution < -0.4 is 9.80 Å². The summed E-state index contributed by atoms with van der Waals surface area (Å²) in [5.74, 6) is 0. The van der Waals surface area contributed by atoms with E-state index in [2.05, 4.69) is 177 Å². The number of hydrogen-bond donors (Lipinski definition) is 0. The molecule has 0 saturated heterocycles. The first kappa shape index (κ1) is 30.0. The zero-order valence-corrected chi connectivity index (χ0v) is 28.2. The SMILES string of the molecule is CCN1/C(=C\C2=C(N(c3ccccc3)c3ccccc3)C(=C/C3=[N+](CC)c4ccccc4C3(C)C)/CC2)C(C)(C)c2ccccc21. The minimum absolute atomic E-state index is 0.0929. The molecule has 2 aliphatic heterocycles. The van der Waals surface area contributed by atoms with Gasteiger partial charge in [0, 0.05) is 52.4 Å². The monoisotopic (exact) mass is 604 g/mol. The minimum Gasteiger partial charge on any atom is -0.344 e. The molecule has 0 radical (unpaired) electrons. The van der Waals surface area contributed by atoms with Crippen LogP contribution in [0, 0.1) is 0 Å². The van der Waals surface area contributed by atoms with Gasteiger partial charge in [0.15, 0.2) is 5.71 Å². The van der Waals surface area contributed by atoms with E-state index in [1.54, 1.807) is 0 Å². The number of rotatable bonds is 7. The summed E-state index contributed by atoms with van der Waals surface area (Å²) in [6, 6.07) is 39.7. The summed E-state index contributed by atoms with van der Waals surface area (Å²) >= 11 is 0. The van der Waals surface area contributed by atoms with Gasteiger partial charge in [0.2, 0.25) is 5.69 Å². The van der Waals surface area contributed by atoms with Gasteiger partial charge in [-0.1, -0.05) is 86.6 Å². The van der Waals surface area contributed by atoms with Crippen LogP contribution in [0.4, 0.5) is 22.7 Å². The van der Waals surface area contributed by atoms with Crippen LogP contribution in [-0.4, -0.2) is 23.4 Å². The number of para-hydroxylation sites is 4. The predicted octanol–water partition coefficient (Wildman–Crippen LogP) is 10.6. The molecule has 3 nitrogen and oxygen atoms in total. The molecule has 0 saturated carbocycles. The third kappa shape index (κ3) is 4.76. The van der Waals surface area contributed by atoms with Crippen molar-refractivity contribution in [3.05, 3.63) is 155 Å². The van der Waals surface area contributed by atoms with E-state index in [4.69, 9.17) is 0 Å². The summed E-state index contributed by atoms with van der Waals surface area (Å²) < 4.78 is 2.53. The summed E-state index contributed by atoms with van der Waals surface area (Å²) in [6.45, 7) is 16.0. The highest BCUT2D eigenvalue weighted by Gasteiger charge is 2.45. The lowest BCUT2D eigenvalue weighted by molar-refractivity contribution is -0.433. The van der Waals surface area contributed by atoms with Crippen LogP contribution in [-0.2, 0) is 10.8 Å². The second-order valence-electron chi connectivity index (χ2n) is 13.7. The molecule has 0 bridgehead atoms. The number of anilines is 3. The molecule has 7 rings (SSSR count). The standard InChI is InChI=1S/C43H46N3/c1-7-44-37-25-17-15-23-35(37)42(3,4)39(44)29-31-27-28-32(30-40-43(5,6)36-24-16-18-26-38(36)45(40)8-2)41(31)46(33-19-11-9-12-20-33)34-21-13-10-14-22-34/h9-26,29-30H,7-8,27-28H2,1-6H3/q+1. The molecule has 0 N–H and O–H groups in total. The third-order valence-corrected chi connectivity index (χ3v) is 10.4. The molecule has 0 spiro atoms. The maximum Gasteiger partial charge on any atom is 0.209 e. The van der Waals surface area contributed by atoms with Crippen molar-refractivity contribution in [2.75, 3.05) is 22.9 Å². The first-order chi connectivity index (χ1) is 22.3. The van der Waals surface area contributed by atoms with Crippen molar-refractivity contribution in [3.8, 4) is 0 Å². The average molecular weight is 605 g/mol. The summed E-state index contributed by atoms with van der Waals surface area (Å²) in [5.41, 5.74) is 14.5. The van der Waals surface area contributed by atoms with Crippen molar-refractivity contribution in [2.45, 2.75) is 65.2 Å². The van der Waals surface area contributed by atoms with Gasteiger partial charge in [-0.25, -0.2) is 0 Å². The molecule has 2 heterocycles. The van der Waals surface area contributed by atoms with Crippen LogP contribution >= 0.6 is 0 Å². The Morgan fingerprint density at radius 1 is 0.674 bits per heavy atom. The van der Waals surface area contributed by atoms with Crippen LogP contribution in [0.15, 0.2) is 144 Å². The maximum absolute atomic E-state index is 2.54. The predicted molar refractivity (Wildman–Crippen MR) is 195 cm³/mol. The van der Waals surface area contributed by atoms with Gasteiger partial charge < -0.3 is 9.80 Å². The van der Waals surface area contributed by atoms with Gasteiger partial charge in [-0.2, -0.15) is 4.58 Å². The van der Waals surface area contributed by atoms with Gasteiger partial charge in [-0.15, -0.1) is 0 Å². The van der Waals surface area contributed by atoms with Crippen LogP contribution in [0.5, 0.6) is 0 Å². The Kier molecular flexibility index (Phi) is 7.59. The number of fused-ring (bicyclic) bond motifs is 2. The van der Waals surface area contributed by atoms with Crippen molar-refractivity contribution in [3.63, 3.8) is 0 Å². The van der Waals surface area contributed by atoms with Crippen LogP contribution in [0.2, 0.25) is 0 Å². The molecule has 0 atom stereocenters. The van der Waals surface area contributed by atoms with E-state index in [0.29, 0.717) is 0 Å². The lowest BCUT2D eigenvalue weighted by Crippen LogP contribution is -2.28.